The third-order valence-corrected chi connectivity index (χ3v) is 2.36. The average molecular weight is 294 g/mol. The maximum atomic E-state index is 13.1. The van der Waals surface area contributed by atoms with E-state index in [1.807, 2.05) is 0 Å². The Morgan fingerprint density at radius 3 is 2.86 bits per heavy atom. The Balaban J connectivity index is 2.55. The first kappa shape index (κ1) is 16.3. The van der Waals surface area contributed by atoms with Crippen LogP contribution in [-0.4, -0.2) is 30.3 Å². The molecule has 112 valence electrons. The maximum absolute atomic E-state index is 13.1. The molecule has 3 N–H and O–H groups in total. The molecular formula is C14H15FN2O4. The summed E-state index contributed by atoms with van der Waals surface area (Å²) in [5, 5.41) is 13.4. The van der Waals surface area contributed by atoms with Crippen molar-refractivity contribution in [3.05, 3.63) is 24.0 Å². The third kappa shape index (κ3) is 6.29. The van der Waals surface area contributed by atoms with E-state index in [0.717, 1.165) is 6.07 Å². The predicted molar refractivity (Wildman–Crippen MR) is 74.6 cm³/mol. The molecule has 6 nitrogen and oxygen atoms in total. The molecule has 0 aliphatic rings. The van der Waals surface area contributed by atoms with Gasteiger partial charge in [0.1, 0.15) is 18.2 Å². The Bertz CT molecular complexity index is 554. The molecule has 0 aromatic heterocycles. The molecule has 0 atom stereocenters. The average Bonchev–Trinajstić information content (AvgIpc) is 2.43. The van der Waals surface area contributed by atoms with E-state index in [-0.39, 0.29) is 31.0 Å². The van der Waals surface area contributed by atoms with Crippen molar-refractivity contribution in [3.8, 4) is 18.1 Å². The number of aliphatic carboxylic acids is 1. The zero-order chi connectivity index (χ0) is 15.7. The SMILES string of the molecule is C#CCOc1cc(F)ccc1NC(=O)NCCCC(=O)O. The number of benzene rings is 1. The van der Waals surface area contributed by atoms with Gasteiger partial charge >= 0.3 is 12.0 Å². The van der Waals surface area contributed by atoms with E-state index < -0.39 is 17.8 Å². The molecule has 0 radical (unpaired) electrons. The van der Waals surface area contributed by atoms with Crippen molar-refractivity contribution in [1.82, 2.24) is 5.32 Å². The number of urea groups is 1. The van der Waals surface area contributed by atoms with Crippen LogP contribution in [0.15, 0.2) is 18.2 Å². The minimum atomic E-state index is -0.930. The van der Waals surface area contributed by atoms with Gasteiger partial charge < -0.3 is 20.5 Å². The first-order valence-electron chi connectivity index (χ1n) is 6.15. The number of anilines is 1. The van der Waals surface area contributed by atoms with Gasteiger partial charge in [0.25, 0.3) is 0 Å². The molecule has 0 spiro atoms. The number of carbonyl (C=O) groups is 2. The molecule has 0 fully saturated rings. The minimum absolute atomic E-state index is 0.0344. The number of carbonyl (C=O) groups excluding carboxylic acids is 1. The first-order chi connectivity index (χ1) is 10.0. The zero-order valence-corrected chi connectivity index (χ0v) is 11.2. The van der Waals surface area contributed by atoms with Crippen molar-refractivity contribution in [3.63, 3.8) is 0 Å². The van der Waals surface area contributed by atoms with Crippen LogP contribution >= 0.6 is 0 Å². The van der Waals surface area contributed by atoms with E-state index in [1.165, 1.54) is 12.1 Å². The summed E-state index contributed by atoms with van der Waals surface area (Å²) in [5.41, 5.74) is 0.266. The van der Waals surface area contributed by atoms with E-state index in [9.17, 15) is 14.0 Å². The fraction of sp³-hybridized carbons (Fsp3) is 0.286. The van der Waals surface area contributed by atoms with Crippen LogP contribution < -0.4 is 15.4 Å². The van der Waals surface area contributed by atoms with Crippen molar-refractivity contribution in [1.29, 1.82) is 0 Å². The molecule has 0 aliphatic heterocycles. The molecule has 21 heavy (non-hydrogen) atoms. The molecule has 0 saturated carbocycles. The molecule has 0 unspecified atom stereocenters. The molecule has 2 amide bonds. The second-order valence-electron chi connectivity index (χ2n) is 4.01. The summed E-state index contributed by atoms with van der Waals surface area (Å²) in [6, 6.07) is 3.08. The van der Waals surface area contributed by atoms with Crippen molar-refractivity contribution in [2.45, 2.75) is 12.8 Å². The summed E-state index contributed by atoms with van der Waals surface area (Å²) in [4.78, 5) is 21.9. The van der Waals surface area contributed by atoms with E-state index >= 15 is 0 Å². The van der Waals surface area contributed by atoms with Gasteiger partial charge in [-0.15, -0.1) is 6.42 Å². The number of hydrogen-bond donors (Lipinski definition) is 3. The topological polar surface area (TPSA) is 87.7 Å². The van der Waals surface area contributed by atoms with Crippen LogP contribution in [0.5, 0.6) is 5.75 Å². The van der Waals surface area contributed by atoms with Crippen LogP contribution in [0.2, 0.25) is 0 Å². The molecule has 0 bridgehead atoms. The normalized spacial score (nSPS) is 9.52. The van der Waals surface area contributed by atoms with Crippen molar-refractivity contribution in [2.24, 2.45) is 0 Å². The highest BCUT2D eigenvalue weighted by atomic mass is 19.1. The summed E-state index contributed by atoms with van der Waals surface area (Å²) in [7, 11) is 0. The lowest BCUT2D eigenvalue weighted by molar-refractivity contribution is -0.137. The van der Waals surface area contributed by atoms with Gasteiger partial charge in [-0.3, -0.25) is 4.79 Å². The summed E-state index contributed by atoms with van der Waals surface area (Å²) in [6.07, 6.45) is 5.33. The molecule has 0 aliphatic carbocycles. The third-order valence-electron chi connectivity index (χ3n) is 2.36. The van der Waals surface area contributed by atoms with Crippen molar-refractivity contribution >= 4 is 17.7 Å². The summed E-state index contributed by atoms with van der Waals surface area (Å²) < 4.78 is 18.2. The Labute approximate surface area is 121 Å². The fourth-order valence-corrected chi connectivity index (χ4v) is 1.45. The molecule has 0 heterocycles. The number of rotatable bonds is 7. The molecular weight excluding hydrogens is 279 g/mol. The molecule has 7 heteroatoms. The second kappa shape index (κ2) is 8.43. The van der Waals surface area contributed by atoms with Gasteiger partial charge in [0.2, 0.25) is 0 Å². The van der Waals surface area contributed by atoms with Crippen LogP contribution in [-0.2, 0) is 4.79 Å². The van der Waals surface area contributed by atoms with Crippen LogP contribution in [0.3, 0.4) is 0 Å². The predicted octanol–water partition coefficient (Wildman–Crippen LogP) is 1.82. The number of terminal acetylenes is 1. The highest BCUT2D eigenvalue weighted by molar-refractivity contribution is 5.90. The number of carboxylic acid groups (broad SMARTS) is 1. The van der Waals surface area contributed by atoms with E-state index in [1.54, 1.807) is 0 Å². The van der Waals surface area contributed by atoms with Gasteiger partial charge in [-0.1, -0.05) is 5.92 Å². The highest BCUT2D eigenvalue weighted by Gasteiger charge is 2.09. The summed E-state index contributed by atoms with van der Waals surface area (Å²) in [6.45, 7) is 0.151. The Morgan fingerprint density at radius 2 is 2.19 bits per heavy atom. The van der Waals surface area contributed by atoms with E-state index in [4.69, 9.17) is 16.3 Å². The monoisotopic (exact) mass is 294 g/mol. The van der Waals surface area contributed by atoms with Gasteiger partial charge in [-0.05, 0) is 18.6 Å². The van der Waals surface area contributed by atoms with Crippen molar-refractivity contribution in [2.75, 3.05) is 18.5 Å². The number of halogens is 1. The molecule has 1 aromatic carbocycles. The van der Waals surface area contributed by atoms with Crippen LogP contribution in [0.4, 0.5) is 14.9 Å². The maximum Gasteiger partial charge on any atom is 0.319 e. The zero-order valence-electron chi connectivity index (χ0n) is 11.2. The van der Waals surface area contributed by atoms with Gasteiger partial charge in [-0.25, -0.2) is 9.18 Å². The minimum Gasteiger partial charge on any atom is -0.481 e. The number of nitrogens with one attached hydrogen (secondary N) is 2. The summed E-state index contributed by atoms with van der Waals surface area (Å²) >= 11 is 0. The van der Waals surface area contributed by atoms with Crippen molar-refractivity contribution < 1.29 is 23.8 Å². The molecule has 1 rings (SSSR count). The van der Waals surface area contributed by atoms with Gasteiger partial charge in [0, 0.05) is 19.0 Å². The number of carboxylic acids is 1. The Kier molecular flexibility index (Phi) is 6.54. The van der Waals surface area contributed by atoms with Gasteiger partial charge in [0.15, 0.2) is 0 Å². The largest absolute Gasteiger partial charge is 0.481 e. The highest BCUT2D eigenvalue weighted by Crippen LogP contribution is 2.25. The van der Waals surface area contributed by atoms with Gasteiger partial charge in [-0.2, -0.15) is 0 Å². The Hall–Kier alpha value is -2.75. The van der Waals surface area contributed by atoms with E-state index in [0.29, 0.717) is 6.42 Å². The quantitative estimate of drug-likeness (QED) is 0.529. The lowest BCUT2D eigenvalue weighted by atomic mass is 10.3. The van der Waals surface area contributed by atoms with E-state index in [2.05, 4.69) is 16.6 Å². The fourth-order valence-electron chi connectivity index (χ4n) is 1.45. The molecule has 0 saturated heterocycles. The summed E-state index contributed by atoms with van der Waals surface area (Å²) in [5.74, 6) is 0.910. The lowest BCUT2D eigenvalue weighted by Crippen LogP contribution is -2.30. The van der Waals surface area contributed by atoms with Crippen LogP contribution in [0.25, 0.3) is 0 Å². The Morgan fingerprint density at radius 1 is 1.43 bits per heavy atom. The number of hydrogen-bond acceptors (Lipinski definition) is 3. The number of amides is 2. The second-order valence-corrected chi connectivity index (χ2v) is 4.01. The lowest BCUT2D eigenvalue weighted by Gasteiger charge is -2.12. The number of ether oxygens (including phenoxy) is 1. The van der Waals surface area contributed by atoms with Crippen LogP contribution in [0.1, 0.15) is 12.8 Å². The van der Waals surface area contributed by atoms with Crippen LogP contribution in [0, 0.1) is 18.2 Å². The standard InChI is InChI=1S/C14H15FN2O4/c1-2-8-21-12-9-10(15)5-6-11(12)17-14(20)16-7-3-4-13(18)19/h1,5-6,9H,3-4,7-8H2,(H,18,19)(H2,16,17,20). The smallest absolute Gasteiger partial charge is 0.319 e. The molecule has 1 aromatic rings. The van der Waals surface area contributed by atoms with Gasteiger partial charge in [0.05, 0.1) is 5.69 Å². The first-order valence-corrected chi connectivity index (χ1v) is 6.15.